The maximum Gasteiger partial charge on any atom is 0.221 e. The first-order valence-electron chi connectivity index (χ1n) is 4.43. The summed E-state index contributed by atoms with van der Waals surface area (Å²) in [5, 5.41) is 0.556. The monoisotopic (exact) mass is 266 g/mol. The van der Waals surface area contributed by atoms with Crippen molar-refractivity contribution in [1.82, 2.24) is 9.97 Å². The fourth-order valence-electron chi connectivity index (χ4n) is 1.29. The van der Waals surface area contributed by atoms with Gasteiger partial charge in [0.15, 0.2) is 0 Å². The third kappa shape index (κ3) is 2.21. The standard InChI is InChI=1S/C11H8BrFN2/c12-7-9-1-2-10(11(13)15-9)8-3-5-14-6-4-8/h1-6H,7H2. The molecule has 0 atom stereocenters. The molecular weight excluding hydrogens is 259 g/mol. The number of aromatic nitrogens is 2. The minimum atomic E-state index is -0.446. The second-order valence-corrected chi connectivity index (χ2v) is 3.57. The molecule has 0 aliphatic carbocycles. The van der Waals surface area contributed by atoms with Crippen LogP contribution in [0.25, 0.3) is 11.1 Å². The van der Waals surface area contributed by atoms with E-state index in [9.17, 15) is 4.39 Å². The first-order chi connectivity index (χ1) is 7.31. The highest BCUT2D eigenvalue weighted by Crippen LogP contribution is 2.21. The second kappa shape index (κ2) is 4.49. The van der Waals surface area contributed by atoms with Crippen LogP contribution in [-0.2, 0) is 5.33 Å². The van der Waals surface area contributed by atoms with E-state index in [1.165, 1.54) is 0 Å². The van der Waals surface area contributed by atoms with E-state index in [0.29, 0.717) is 16.6 Å². The first kappa shape index (κ1) is 10.2. The van der Waals surface area contributed by atoms with Crippen molar-refractivity contribution in [3.63, 3.8) is 0 Å². The smallest absolute Gasteiger partial charge is 0.221 e. The van der Waals surface area contributed by atoms with E-state index in [1.807, 2.05) is 0 Å². The highest BCUT2D eigenvalue weighted by atomic mass is 79.9. The summed E-state index contributed by atoms with van der Waals surface area (Å²) >= 11 is 3.23. The Morgan fingerprint density at radius 2 is 1.87 bits per heavy atom. The topological polar surface area (TPSA) is 25.8 Å². The number of hydrogen-bond donors (Lipinski definition) is 0. The Balaban J connectivity index is 2.46. The van der Waals surface area contributed by atoms with Crippen LogP contribution >= 0.6 is 15.9 Å². The molecule has 76 valence electrons. The van der Waals surface area contributed by atoms with Crippen molar-refractivity contribution >= 4 is 15.9 Å². The quantitative estimate of drug-likeness (QED) is 0.617. The molecule has 0 amide bonds. The van der Waals surface area contributed by atoms with Gasteiger partial charge < -0.3 is 0 Å². The van der Waals surface area contributed by atoms with E-state index in [4.69, 9.17) is 0 Å². The van der Waals surface area contributed by atoms with Gasteiger partial charge in [0, 0.05) is 23.3 Å². The van der Waals surface area contributed by atoms with Crippen LogP contribution in [0.4, 0.5) is 4.39 Å². The summed E-state index contributed by atoms with van der Waals surface area (Å²) in [6.45, 7) is 0. The van der Waals surface area contributed by atoms with Gasteiger partial charge in [0.2, 0.25) is 5.95 Å². The van der Waals surface area contributed by atoms with Crippen molar-refractivity contribution in [1.29, 1.82) is 0 Å². The van der Waals surface area contributed by atoms with E-state index in [-0.39, 0.29) is 0 Å². The predicted octanol–water partition coefficient (Wildman–Crippen LogP) is 3.18. The van der Waals surface area contributed by atoms with Crippen molar-refractivity contribution in [2.45, 2.75) is 5.33 Å². The highest BCUT2D eigenvalue weighted by molar-refractivity contribution is 9.08. The molecule has 0 saturated carbocycles. The van der Waals surface area contributed by atoms with E-state index >= 15 is 0 Å². The summed E-state index contributed by atoms with van der Waals surface area (Å²) < 4.78 is 13.6. The Morgan fingerprint density at radius 3 is 2.47 bits per heavy atom. The van der Waals surface area contributed by atoms with Gasteiger partial charge in [-0.1, -0.05) is 15.9 Å². The predicted molar refractivity (Wildman–Crippen MR) is 60.1 cm³/mol. The van der Waals surface area contributed by atoms with Crippen LogP contribution in [-0.4, -0.2) is 9.97 Å². The molecule has 2 aromatic heterocycles. The summed E-state index contributed by atoms with van der Waals surface area (Å²) in [4.78, 5) is 7.72. The van der Waals surface area contributed by atoms with Gasteiger partial charge in [-0.25, -0.2) is 4.98 Å². The molecule has 0 aliphatic rings. The molecule has 0 spiro atoms. The lowest BCUT2D eigenvalue weighted by Crippen LogP contribution is -1.93. The van der Waals surface area contributed by atoms with E-state index in [0.717, 1.165) is 5.56 Å². The molecule has 4 heteroatoms. The summed E-state index contributed by atoms with van der Waals surface area (Å²) in [5.74, 6) is -0.446. The maximum atomic E-state index is 13.6. The fourth-order valence-corrected chi connectivity index (χ4v) is 1.61. The number of pyridine rings is 2. The molecule has 0 radical (unpaired) electrons. The molecule has 0 fully saturated rings. The average molecular weight is 267 g/mol. The molecule has 2 heterocycles. The first-order valence-corrected chi connectivity index (χ1v) is 5.55. The highest BCUT2D eigenvalue weighted by Gasteiger charge is 2.06. The van der Waals surface area contributed by atoms with Gasteiger partial charge in [0.1, 0.15) is 0 Å². The Bertz CT molecular complexity index is 459. The van der Waals surface area contributed by atoms with E-state index < -0.39 is 5.95 Å². The van der Waals surface area contributed by atoms with E-state index in [2.05, 4.69) is 25.9 Å². The van der Waals surface area contributed by atoms with Gasteiger partial charge in [-0.3, -0.25) is 4.98 Å². The molecule has 2 nitrogen and oxygen atoms in total. The number of rotatable bonds is 2. The molecule has 0 aliphatic heterocycles. The summed E-state index contributed by atoms with van der Waals surface area (Å²) in [6.07, 6.45) is 3.26. The van der Waals surface area contributed by atoms with Gasteiger partial charge in [-0.2, -0.15) is 4.39 Å². The summed E-state index contributed by atoms with van der Waals surface area (Å²) in [5.41, 5.74) is 1.98. The zero-order valence-electron chi connectivity index (χ0n) is 7.82. The van der Waals surface area contributed by atoms with Crippen LogP contribution in [0, 0.1) is 5.95 Å². The van der Waals surface area contributed by atoms with Crippen molar-refractivity contribution in [3.8, 4) is 11.1 Å². The Labute approximate surface area is 95.3 Å². The molecule has 0 saturated heterocycles. The number of halogens is 2. The van der Waals surface area contributed by atoms with Gasteiger partial charge >= 0.3 is 0 Å². The second-order valence-electron chi connectivity index (χ2n) is 3.01. The third-order valence-corrected chi connectivity index (χ3v) is 2.61. The van der Waals surface area contributed by atoms with Crippen LogP contribution in [0.3, 0.4) is 0 Å². The Kier molecular flexibility index (Phi) is 3.06. The third-order valence-electron chi connectivity index (χ3n) is 2.03. The van der Waals surface area contributed by atoms with Crippen molar-refractivity contribution < 1.29 is 4.39 Å². The fraction of sp³-hybridized carbons (Fsp3) is 0.0909. The molecule has 2 rings (SSSR count). The number of nitrogens with zero attached hydrogens (tertiary/aromatic N) is 2. The van der Waals surface area contributed by atoms with Crippen LogP contribution in [0.5, 0.6) is 0 Å². The lowest BCUT2D eigenvalue weighted by Gasteiger charge is -2.03. The molecule has 0 aromatic carbocycles. The molecular formula is C11H8BrFN2. The number of alkyl halides is 1. The number of hydrogen-bond acceptors (Lipinski definition) is 2. The zero-order chi connectivity index (χ0) is 10.7. The molecule has 0 bridgehead atoms. The van der Waals surface area contributed by atoms with Gasteiger partial charge in [0.25, 0.3) is 0 Å². The molecule has 0 N–H and O–H groups in total. The Morgan fingerprint density at radius 1 is 1.13 bits per heavy atom. The van der Waals surface area contributed by atoms with Crippen molar-refractivity contribution in [2.75, 3.05) is 0 Å². The van der Waals surface area contributed by atoms with Crippen LogP contribution in [0.2, 0.25) is 0 Å². The normalized spacial score (nSPS) is 10.3. The largest absolute Gasteiger partial charge is 0.265 e. The van der Waals surface area contributed by atoms with Gasteiger partial charge in [-0.15, -0.1) is 0 Å². The molecule has 15 heavy (non-hydrogen) atoms. The van der Waals surface area contributed by atoms with E-state index in [1.54, 1.807) is 36.7 Å². The van der Waals surface area contributed by atoms with Crippen LogP contribution < -0.4 is 0 Å². The van der Waals surface area contributed by atoms with Gasteiger partial charge in [-0.05, 0) is 29.8 Å². The zero-order valence-corrected chi connectivity index (χ0v) is 9.41. The lowest BCUT2D eigenvalue weighted by molar-refractivity contribution is 0.583. The minimum absolute atomic E-state index is 0.446. The SMILES string of the molecule is Fc1nc(CBr)ccc1-c1ccncc1. The Hall–Kier alpha value is -1.29. The van der Waals surface area contributed by atoms with Crippen LogP contribution in [0.15, 0.2) is 36.7 Å². The van der Waals surface area contributed by atoms with Gasteiger partial charge in [0.05, 0.1) is 5.69 Å². The van der Waals surface area contributed by atoms with Crippen molar-refractivity contribution in [2.24, 2.45) is 0 Å². The van der Waals surface area contributed by atoms with Crippen molar-refractivity contribution in [3.05, 3.63) is 48.3 Å². The molecule has 2 aromatic rings. The lowest BCUT2D eigenvalue weighted by atomic mass is 10.1. The maximum absolute atomic E-state index is 13.6. The summed E-state index contributed by atoms with van der Waals surface area (Å²) in [6, 6.07) is 7.05. The minimum Gasteiger partial charge on any atom is -0.265 e. The molecule has 0 unspecified atom stereocenters. The van der Waals surface area contributed by atoms with Crippen LogP contribution in [0.1, 0.15) is 5.69 Å². The average Bonchev–Trinajstić information content (AvgIpc) is 2.30. The summed E-state index contributed by atoms with van der Waals surface area (Å²) in [7, 11) is 0.